The van der Waals surface area contributed by atoms with Crippen LogP contribution in [-0.4, -0.2) is 15.5 Å². The zero-order chi connectivity index (χ0) is 18.9. The molecule has 0 amide bonds. The first-order chi connectivity index (χ1) is 12.3. The topological polar surface area (TPSA) is 44.1 Å². The zero-order valence-electron chi connectivity index (χ0n) is 13.1. The van der Waals surface area contributed by atoms with Crippen LogP contribution in [0.5, 0.6) is 0 Å². The van der Waals surface area contributed by atoms with Gasteiger partial charge in [-0.2, -0.15) is 13.2 Å². The Labute approximate surface area is 150 Å². The summed E-state index contributed by atoms with van der Waals surface area (Å²) in [7, 11) is 0. The number of hydrogen-bond acceptors (Lipinski definition) is 3. The van der Waals surface area contributed by atoms with Crippen molar-refractivity contribution in [3.05, 3.63) is 64.7 Å². The van der Waals surface area contributed by atoms with Crippen LogP contribution in [0.25, 0.3) is 11.0 Å². The number of carbonyl (C=O) groups excluding carboxylic acids is 1. The molecule has 0 saturated heterocycles. The molecular formula is C17H11ClF4N2O2. The smallest absolute Gasteiger partial charge is 0.449 e. The molecule has 0 aliphatic carbocycles. The molecule has 0 saturated carbocycles. The Balaban J connectivity index is 1.83. The second-order valence-corrected chi connectivity index (χ2v) is 5.78. The van der Waals surface area contributed by atoms with Crippen molar-refractivity contribution in [2.24, 2.45) is 0 Å². The first-order valence-corrected chi connectivity index (χ1v) is 7.76. The van der Waals surface area contributed by atoms with E-state index in [1.807, 2.05) is 0 Å². The lowest BCUT2D eigenvalue weighted by Gasteiger charge is -2.12. The van der Waals surface area contributed by atoms with Crippen molar-refractivity contribution >= 4 is 28.6 Å². The Morgan fingerprint density at radius 1 is 1.15 bits per heavy atom. The van der Waals surface area contributed by atoms with E-state index >= 15 is 0 Å². The van der Waals surface area contributed by atoms with E-state index in [0.29, 0.717) is 0 Å². The summed E-state index contributed by atoms with van der Waals surface area (Å²) < 4.78 is 58.9. The second-order valence-electron chi connectivity index (χ2n) is 5.37. The van der Waals surface area contributed by atoms with Crippen LogP contribution in [0.4, 0.5) is 17.6 Å². The number of imidazole rings is 1. The van der Waals surface area contributed by atoms with Gasteiger partial charge in [0, 0.05) is 5.56 Å². The van der Waals surface area contributed by atoms with Gasteiger partial charge in [-0.05, 0) is 24.3 Å². The third kappa shape index (κ3) is 3.65. The van der Waals surface area contributed by atoms with E-state index in [9.17, 15) is 22.4 Å². The molecule has 136 valence electrons. The fourth-order valence-electron chi connectivity index (χ4n) is 2.45. The van der Waals surface area contributed by atoms with Crippen molar-refractivity contribution in [1.82, 2.24) is 9.55 Å². The van der Waals surface area contributed by atoms with Gasteiger partial charge in [0.2, 0.25) is 5.82 Å². The van der Waals surface area contributed by atoms with Gasteiger partial charge in [-0.15, -0.1) is 0 Å². The highest BCUT2D eigenvalue weighted by Crippen LogP contribution is 2.31. The first-order valence-electron chi connectivity index (χ1n) is 7.38. The molecule has 0 spiro atoms. The van der Waals surface area contributed by atoms with Crippen molar-refractivity contribution in [3.63, 3.8) is 0 Å². The molecule has 0 aliphatic heterocycles. The minimum Gasteiger partial charge on any atom is -0.459 e. The fraction of sp³-hybridized carbons (Fsp3) is 0.176. The van der Waals surface area contributed by atoms with Gasteiger partial charge >= 0.3 is 12.1 Å². The van der Waals surface area contributed by atoms with Crippen molar-refractivity contribution in [1.29, 1.82) is 0 Å². The average molecular weight is 387 g/mol. The quantitative estimate of drug-likeness (QED) is 0.486. The molecule has 26 heavy (non-hydrogen) atoms. The Morgan fingerprint density at radius 2 is 1.88 bits per heavy atom. The molecule has 2 aromatic carbocycles. The third-order valence-electron chi connectivity index (χ3n) is 3.63. The molecule has 0 bridgehead atoms. The van der Waals surface area contributed by atoms with Gasteiger partial charge in [-0.1, -0.05) is 29.8 Å². The minimum absolute atomic E-state index is 0.0472. The standard InChI is InChI=1S/C17H11ClF4N2O2/c18-11-4-3-5-12(19)10(11)9-26-15(25)8-24-14-7-2-1-6-13(14)23-16(24)17(20,21)22/h1-7H,8-9H2. The normalized spacial score (nSPS) is 11.7. The summed E-state index contributed by atoms with van der Waals surface area (Å²) >= 11 is 5.82. The number of para-hydroxylation sites is 2. The maximum Gasteiger partial charge on any atom is 0.449 e. The molecular weight excluding hydrogens is 376 g/mol. The van der Waals surface area contributed by atoms with Crippen LogP contribution in [0.1, 0.15) is 11.4 Å². The summed E-state index contributed by atoms with van der Waals surface area (Å²) in [6.45, 7) is -1.21. The van der Waals surface area contributed by atoms with Gasteiger partial charge in [-0.3, -0.25) is 4.79 Å². The largest absolute Gasteiger partial charge is 0.459 e. The monoisotopic (exact) mass is 386 g/mol. The Kier molecular flexibility index (Phi) is 4.86. The highest BCUT2D eigenvalue weighted by molar-refractivity contribution is 6.31. The lowest BCUT2D eigenvalue weighted by molar-refractivity contribution is -0.151. The maximum absolute atomic E-state index is 13.7. The number of rotatable bonds is 4. The van der Waals surface area contributed by atoms with Crippen LogP contribution in [0.2, 0.25) is 5.02 Å². The molecule has 1 aromatic heterocycles. The summed E-state index contributed by atoms with van der Waals surface area (Å²) in [5.74, 6) is -2.85. The summed E-state index contributed by atoms with van der Waals surface area (Å²) in [6.07, 6.45) is -4.74. The van der Waals surface area contributed by atoms with E-state index in [-0.39, 0.29) is 21.6 Å². The van der Waals surface area contributed by atoms with Crippen molar-refractivity contribution in [2.45, 2.75) is 19.3 Å². The van der Waals surface area contributed by atoms with E-state index in [0.717, 1.165) is 10.6 Å². The predicted octanol–water partition coefficient (Wildman–Crippen LogP) is 4.59. The summed E-state index contributed by atoms with van der Waals surface area (Å²) in [4.78, 5) is 15.6. The van der Waals surface area contributed by atoms with E-state index in [4.69, 9.17) is 16.3 Å². The number of ether oxygens (including phenoxy) is 1. The molecule has 0 aliphatic rings. The molecule has 1 heterocycles. The van der Waals surface area contributed by atoms with Gasteiger partial charge in [-0.25, -0.2) is 9.37 Å². The summed E-state index contributed by atoms with van der Waals surface area (Å²) in [6, 6.07) is 9.84. The van der Waals surface area contributed by atoms with Gasteiger partial charge in [0.15, 0.2) is 0 Å². The number of halogens is 5. The number of benzene rings is 2. The Morgan fingerprint density at radius 3 is 2.58 bits per heavy atom. The van der Waals surface area contributed by atoms with Crippen molar-refractivity contribution in [2.75, 3.05) is 0 Å². The van der Waals surface area contributed by atoms with Crippen molar-refractivity contribution in [3.8, 4) is 0 Å². The Bertz CT molecular complexity index is 949. The van der Waals surface area contributed by atoms with Crippen molar-refractivity contribution < 1.29 is 27.1 Å². The predicted molar refractivity (Wildman–Crippen MR) is 85.9 cm³/mol. The molecule has 0 atom stereocenters. The highest BCUT2D eigenvalue weighted by atomic mass is 35.5. The first kappa shape index (κ1) is 18.2. The molecule has 0 radical (unpaired) electrons. The van der Waals surface area contributed by atoms with E-state index < -0.39 is 36.9 Å². The molecule has 4 nitrogen and oxygen atoms in total. The van der Waals surface area contributed by atoms with Crippen LogP contribution in [0, 0.1) is 5.82 Å². The lowest BCUT2D eigenvalue weighted by Crippen LogP contribution is -2.20. The van der Waals surface area contributed by atoms with E-state index in [1.165, 1.54) is 30.3 Å². The molecule has 3 rings (SSSR count). The third-order valence-corrected chi connectivity index (χ3v) is 3.99. The van der Waals surface area contributed by atoms with Gasteiger partial charge in [0.25, 0.3) is 0 Å². The number of nitrogens with zero attached hydrogens (tertiary/aromatic N) is 2. The lowest BCUT2D eigenvalue weighted by atomic mass is 10.2. The van der Waals surface area contributed by atoms with Gasteiger partial charge < -0.3 is 9.30 Å². The Hall–Kier alpha value is -2.61. The van der Waals surface area contributed by atoms with Crippen LogP contribution >= 0.6 is 11.6 Å². The van der Waals surface area contributed by atoms with Crippen LogP contribution in [-0.2, 0) is 28.9 Å². The number of hydrogen-bond donors (Lipinski definition) is 0. The molecule has 0 N–H and O–H groups in total. The molecule has 3 aromatic rings. The van der Waals surface area contributed by atoms with E-state index in [2.05, 4.69) is 4.98 Å². The second kappa shape index (κ2) is 6.95. The molecule has 9 heteroatoms. The number of aromatic nitrogens is 2. The number of esters is 1. The number of alkyl halides is 3. The zero-order valence-corrected chi connectivity index (χ0v) is 13.8. The van der Waals surface area contributed by atoms with Crippen LogP contribution < -0.4 is 0 Å². The van der Waals surface area contributed by atoms with Crippen LogP contribution in [0.3, 0.4) is 0 Å². The number of carbonyl (C=O) groups is 1. The number of fused-ring (bicyclic) bond motifs is 1. The SMILES string of the molecule is O=C(Cn1c(C(F)(F)F)nc2ccccc21)OCc1c(F)cccc1Cl. The van der Waals surface area contributed by atoms with E-state index in [1.54, 1.807) is 6.07 Å². The minimum atomic E-state index is -4.74. The molecule has 0 fully saturated rings. The molecule has 0 unspecified atom stereocenters. The summed E-state index contributed by atoms with van der Waals surface area (Å²) in [5, 5.41) is 0.0573. The maximum atomic E-state index is 13.7. The highest BCUT2D eigenvalue weighted by Gasteiger charge is 2.38. The van der Waals surface area contributed by atoms with Crippen LogP contribution in [0.15, 0.2) is 42.5 Å². The van der Waals surface area contributed by atoms with Gasteiger partial charge in [0.1, 0.15) is 19.0 Å². The van der Waals surface area contributed by atoms with Gasteiger partial charge in [0.05, 0.1) is 16.1 Å². The summed E-state index contributed by atoms with van der Waals surface area (Å²) in [5.41, 5.74) is 0.194. The average Bonchev–Trinajstić information content (AvgIpc) is 2.93. The fourth-order valence-corrected chi connectivity index (χ4v) is 2.67.